The molecule has 2 amide bonds. The van der Waals surface area contributed by atoms with E-state index in [-0.39, 0.29) is 24.8 Å². The van der Waals surface area contributed by atoms with E-state index in [9.17, 15) is 14.7 Å². The van der Waals surface area contributed by atoms with Gasteiger partial charge in [-0.2, -0.15) is 0 Å². The lowest BCUT2D eigenvalue weighted by molar-refractivity contribution is -0.144. The Hall–Kier alpha value is -1.68. The van der Waals surface area contributed by atoms with E-state index in [0.29, 0.717) is 0 Å². The second-order valence-electron chi connectivity index (χ2n) is 5.24. The first-order chi connectivity index (χ1) is 8.47. The van der Waals surface area contributed by atoms with Gasteiger partial charge in [-0.25, -0.2) is 0 Å². The third kappa shape index (κ3) is 2.04. The van der Waals surface area contributed by atoms with Crippen LogP contribution in [0, 0.1) is 5.41 Å². The minimum Gasteiger partial charge on any atom is -0.394 e. The zero-order chi connectivity index (χ0) is 13.3. The lowest BCUT2D eigenvalue weighted by Gasteiger charge is -2.26. The van der Waals surface area contributed by atoms with E-state index in [1.807, 2.05) is 30.3 Å². The van der Waals surface area contributed by atoms with Crippen LogP contribution in [0.3, 0.4) is 0 Å². The molecule has 0 spiro atoms. The fourth-order valence-electron chi connectivity index (χ4n) is 2.30. The largest absolute Gasteiger partial charge is 0.394 e. The average molecular weight is 247 g/mol. The Bertz CT molecular complexity index is 467. The fraction of sp³-hybridized carbons (Fsp3) is 0.429. The number of carbonyl (C=O) groups excluding carboxylic acids is 2. The van der Waals surface area contributed by atoms with Crippen molar-refractivity contribution in [3.63, 3.8) is 0 Å². The Balaban J connectivity index is 2.35. The van der Waals surface area contributed by atoms with Gasteiger partial charge in [-0.15, -0.1) is 0 Å². The summed E-state index contributed by atoms with van der Waals surface area (Å²) >= 11 is 0. The van der Waals surface area contributed by atoms with E-state index in [1.54, 1.807) is 13.8 Å². The summed E-state index contributed by atoms with van der Waals surface area (Å²) in [6.07, 6.45) is 0.204. The summed E-state index contributed by atoms with van der Waals surface area (Å²) in [4.78, 5) is 25.4. The van der Waals surface area contributed by atoms with E-state index < -0.39 is 11.5 Å². The second kappa shape index (κ2) is 4.53. The zero-order valence-corrected chi connectivity index (χ0v) is 10.6. The van der Waals surface area contributed by atoms with Crippen LogP contribution in [0.4, 0.5) is 0 Å². The smallest absolute Gasteiger partial charge is 0.236 e. The first-order valence-corrected chi connectivity index (χ1v) is 5.99. The molecule has 1 aromatic carbocycles. The van der Waals surface area contributed by atoms with Crippen LogP contribution in [-0.2, 0) is 9.59 Å². The number of hydrogen-bond donors (Lipinski definition) is 1. The number of aliphatic hydroxyl groups excluding tert-OH is 1. The van der Waals surface area contributed by atoms with Gasteiger partial charge in [-0.3, -0.25) is 14.5 Å². The number of nitrogens with zero attached hydrogens (tertiary/aromatic N) is 1. The van der Waals surface area contributed by atoms with Crippen LogP contribution < -0.4 is 0 Å². The van der Waals surface area contributed by atoms with Gasteiger partial charge in [0.15, 0.2) is 0 Å². The molecule has 96 valence electrons. The highest BCUT2D eigenvalue weighted by Crippen LogP contribution is 2.36. The molecule has 1 atom stereocenters. The highest BCUT2D eigenvalue weighted by Gasteiger charge is 2.47. The molecule has 1 aromatic rings. The molecule has 1 heterocycles. The Labute approximate surface area is 106 Å². The molecule has 0 radical (unpaired) electrons. The van der Waals surface area contributed by atoms with Crippen LogP contribution >= 0.6 is 0 Å². The lowest BCUT2D eigenvalue weighted by Crippen LogP contribution is -2.38. The van der Waals surface area contributed by atoms with Crippen LogP contribution in [0.15, 0.2) is 30.3 Å². The molecule has 2 rings (SSSR count). The Morgan fingerprint density at radius 1 is 1.28 bits per heavy atom. The number of carbonyl (C=O) groups is 2. The summed E-state index contributed by atoms with van der Waals surface area (Å²) in [5.74, 6) is -0.427. The molecule has 1 saturated heterocycles. The van der Waals surface area contributed by atoms with Crippen LogP contribution in [0.25, 0.3) is 0 Å². The van der Waals surface area contributed by atoms with Gasteiger partial charge in [-0.1, -0.05) is 44.2 Å². The summed E-state index contributed by atoms with van der Waals surface area (Å²) in [5.41, 5.74) is 0.110. The van der Waals surface area contributed by atoms with Crippen molar-refractivity contribution >= 4 is 11.8 Å². The molecule has 0 bridgehead atoms. The van der Waals surface area contributed by atoms with Crippen LogP contribution in [0.2, 0.25) is 0 Å². The maximum atomic E-state index is 12.2. The summed E-state index contributed by atoms with van der Waals surface area (Å²) < 4.78 is 0. The van der Waals surface area contributed by atoms with Gasteiger partial charge in [0.05, 0.1) is 18.1 Å². The summed E-state index contributed by atoms with van der Waals surface area (Å²) in [7, 11) is 0. The maximum Gasteiger partial charge on any atom is 0.236 e. The lowest BCUT2D eigenvalue weighted by atomic mass is 9.92. The normalized spacial score (nSPS) is 20.3. The second-order valence-corrected chi connectivity index (χ2v) is 5.24. The molecule has 0 aromatic heterocycles. The zero-order valence-electron chi connectivity index (χ0n) is 10.6. The predicted octanol–water partition coefficient (Wildman–Crippen LogP) is 1.51. The third-order valence-electron chi connectivity index (χ3n) is 3.33. The van der Waals surface area contributed by atoms with Gasteiger partial charge < -0.3 is 5.11 Å². The van der Waals surface area contributed by atoms with Crippen LogP contribution in [-0.4, -0.2) is 28.4 Å². The topological polar surface area (TPSA) is 57.6 Å². The standard InChI is InChI=1S/C14H17NO3/c1-14(2)8-12(17)15(13(14)18)11(9-16)10-6-4-3-5-7-10/h3-7,11,16H,8-9H2,1-2H3. The highest BCUT2D eigenvalue weighted by molar-refractivity contribution is 6.05. The van der Waals surface area contributed by atoms with Gasteiger partial charge >= 0.3 is 0 Å². The quantitative estimate of drug-likeness (QED) is 0.824. The van der Waals surface area contributed by atoms with Crippen molar-refractivity contribution in [1.29, 1.82) is 0 Å². The Kier molecular flexibility index (Phi) is 3.22. The number of likely N-dealkylation sites (tertiary alicyclic amines) is 1. The summed E-state index contributed by atoms with van der Waals surface area (Å²) in [5, 5.41) is 9.50. The number of imide groups is 1. The molecule has 18 heavy (non-hydrogen) atoms. The molecule has 1 N–H and O–H groups in total. The summed E-state index contributed by atoms with van der Waals surface area (Å²) in [6.45, 7) is 3.26. The van der Waals surface area contributed by atoms with Crippen molar-refractivity contribution in [3.8, 4) is 0 Å². The van der Waals surface area contributed by atoms with Crippen molar-refractivity contribution in [1.82, 2.24) is 4.90 Å². The third-order valence-corrected chi connectivity index (χ3v) is 3.33. The minimum atomic E-state index is -0.667. The van der Waals surface area contributed by atoms with E-state index in [2.05, 4.69) is 0 Å². The van der Waals surface area contributed by atoms with E-state index >= 15 is 0 Å². The number of amides is 2. The van der Waals surface area contributed by atoms with Gasteiger partial charge in [0.1, 0.15) is 0 Å². The van der Waals surface area contributed by atoms with Gasteiger partial charge in [0.25, 0.3) is 0 Å². The van der Waals surface area contributed by atoms with E-state index in [0.717, 1.165) is 5.56 Å². The minimum absolute atomic E-state index is 0.204. The SMILES string of the molecule is CC1(C)CC(=O)N(C(CO)c2ccccc2)C1=O. The van der Waals surface area contributed by atoms with Crippen molar-refractivity contribution in [2.45, 2.75) is 26.3 Å². The number of rotatable bonds is 3. The molecule has 1 fully saturated rings. The van der Waals surface area contributed by atoms with Crippen LogP contribution in [0.1, 0.15) is 31.9 Å². The molecular weight excluding hydrogens is 230 g/mol. The summed E-state index contributed by atoms with van der Waals surface area (Å²) in [6, 6.07) is 8.56. The van der Waals surface area contributed by atoms with Gasteiger partial charge in [0, 0.05) is 6.42 Å². The van der Waals surface area contributed by atoms with Gasteiger partial charge in [0.2, 0.25) is 11.8 Å². The predicted molar refractivity (Wildman–Crippen MR) is 66.5 cm³/mol. The number of aliphatic hydroxyl groups is 1. The Morgan fingerprint density at radius 2 is 1.89 bits per heavy atom. The average Bonchev–Trinajstić information content (AvgIpc) is 2.54. The maximum absolute atomic E-state index is 12.2. The fourth-order valence-corrected chi connectivity index (χ4v) is 2.30. The number of hydrogen-bond acceptors (Lipinski definition) is 3. The van der Waals surface area contributed by atoms with E-state index in [4.69, 9.17) is 0 Å². The molecule has 4 nitrogen and oxygen atoms in total. The molecule has 0 saturated carbocycles. The van der Waals surface area contributed by atoms with Crippen molar-refractivity contribution in [2.24, 2.45) is 5.41 Å². The molecule has 0 aliphatic carbocycles. The highest BCUT2D eigenvalue weighted by atomic mass is 16.3. The van der Waals surface area contributed by atoms with Crippen molar-refractivity contribution in [3.05, 3.63) is 35.9 Å². The van der Waals surface area contributed by atoms with Crippen LogP contribution in [0.5, 0.6) is 0 Å². The van der Waals surface area contributed by atoms with Gasteiger partial charge in [-0.05, 0) is 5.56 Å². The molecule has 1 aliphatic heterocycles. The first-order valence-electron chi connectivity index (χ1n) is 5.99. The molecule has 1 unspecified atom stereocenters. The monoisotopic (exact) mass is 247 g/mol. The number of benzene rings is 1. The van der Waals surface area contributed by atoms with Crippen molar-refractivity contribution < 1.29 is 14.7 Å². The Morgan fingerprint density at radius 3 is 2.33 bits per heavy atom. The van der Waals surface area contributed by atoms with E-state index in [1.165, 1.54) is 4.90 Å². The molecule has 1 aliphatic rings. The molecular formula is C14H17NO3. The van der Waals surface area contributed by atoms with Crippen molar-refractivity contribution in [2.75, 3.05) is 6.61 Å². The molecule has 4 heteroatoms. The first kappa shape index (κ1) is 12.8.